The smallest absolute Gasteiger partial charge is 0.350 e. The summed E-state index contributed by atoms with van der Waals surface area (Å²) in [5.74, 6) is -3.21. The molecule has 1 aromatic carbocycles. The van der Waals surface area contributed by atoms with E-state index in [1.807, 2.05) is 0 Å². The Morgan fingerprint density at radius 3 is 2.67 bits per heavy atom. The minimum atomic E-state index is -1.06. The molecule has 0 fully saturated rings. The summed E-state index contributed by atoms with van der Waals surface area (Å²) in [5, 5.41) is 3.88. The molecule has 2 rings (SSSR count). The van der Waals surface area contributed by atoms with Gasteiger partial charge in [0, 0.05) is 0 Å². The van der Waals surface area contributed by atoms with E-state index < -0.39 is 35.8 Å². The molecule has 0 bridgehead atoms. The van der Waals surface area contributed by atoms with Crippen LogP contribution in [0.1, 0.15) is 20.0 Å². The van der Waals surface area contributed by atoms with Gasteiger partial charge in [-0.3, -0.25) is 4.79 Å². The zero-order valence-electron chi connectivity index (χ0n) is 12.3. The molecule has 0 saturated heterocycles. The Bertz CT molecular complexity index is 772. The Kier molecular flexibility index (Phi) is 5.88. The van der Waals surface area contributed by atoms with E-state index in [0.29, 0.717) is 0 Å². The van der Waals surface area contributed by atoms with Crippen LogP contribution in [-0.4, -0.2) is 31.6 Å². The minimum Gasteiger partial charge on any atom is -0.465 e. The molecule has 0 aliphatic carbocycles. The van der Waals surface area contributed by atoms with Crippen LogP contribution in [0.3, 0.4) is 0 Å². The van der Waals surface area contributed by atoms with Gasteiger partial charge in [-0.2, -0.15) is 0 Å². The summed E-state index contributed by atoms with van der Waals surface area (Å²) in [5.41, 5.74) is -0.213. The van der Waals surface area contributed by atoms with Crippen LogP contribution in [0.5, 0.6) is 0 Å². The monoisotopic (exact) mass is 371 g/mol. The average molecular weight is 372 g/mol. The second-order valence-corrected chi connectivity index (χ2v) is 5.70. The number of thiophene rings is 1. The molecule has 0 radical (unpaired) electrons. The third-order valence-electron chi connectivity index (χ3n) is 2.81. The van der Waals surface area contributed by atoms with Crippen LogP contribution < -0.4 is 5.32 Å². The van der Waals surface area contributed by atoms with Gasteiger partial charge in [0.1, 0.15) is 16.3 Å². The molecule has 0 atom stereocenters. The fraction of sp³-hybridized carbons (Fsp3) is 0.133. The fourth-order valence-corrected chi connectivity index (χ4v) is 2.75. The van der Waals surface area contributed by atoms with E-state index in [1.54, 1.807) is 5.38 Å². The Morgan fingerprint density at radius 2 is 2.00 bits per heavy atom. The topological polar surface area (TPSA) is 81.7 Å². The lowest BCUT2D eigenvalue weighted by Crippen LogP contribution is -2.22. The third kappa shape index (κ3) is 4.09. The third-order valence-corrected chi connectivity index (χ3v) is 4.02. The van der Waals surface area contributed by atoms with E-state index in [9.17, 15) is 18.8 Å². The average Bonchev–Trinajstić information content (AvgIpc) is 3.00. The number of ether oxygens (including phenoxy) is 2. The van der Waals surface area contributed by atoms with E-state index in [4.69, 9.17) is 16.3 Å². The summed E-state index contributed by atoms with van der Waals surface area (Å²) >= 11 is 6.82. The maximum Gasteiger partial charge on any atom is 0.350 e. The van der Waals surface area contributed by atoms with Gasteiger partial charge in [0.05, 0.1) is 17.8 Å². The Hall–Kier alpha value is -2.45. The molecule has 24 heavy (non-hydrogen) atoms. The molecule has 0 spiro atoms. The van der Waals surface area contributed by atoms with Crippen molar-refractivity contribution in [2.75, 3.05) is 19.0 Å². The summed E-state index contributed by atoms with van der Waals surface area (Å²) in [7, 11) is 1.22. The van der Waals surface area contributed by atoms with Gasteiger partial charge in [-0.05, 0) is 23.6 Å². The van der Waals surface area contributed by atoms with Crippen molar-refractivity contribution in [1.82, 2.24) is 0 Å². The highest BCUT2D eigenvalue weighted by molar-refractivity contribution is 7.12. The molecule has 1 heterocycles. The van der Waals surface area contributed by atoms with Crippen molar-refractivity contribution in [3.8, 4) is 0 Å². The highest BCUT2D eigenvalue weighted by Gasteiger charge is 2.20. The Labute approximate surface area is 145 Å². The van der Waals surface area contributed by atoms with E-state index in [-0.39, 0.29) is 15.6 Å². The van der Waals surface area contributed by atoms with Gasteiger partial charge in [0.2, 0.25) is 0 Å². The molecule has 1 N–H and O–H groups in total. The first kappa shape index (κ1) is 17.9. The lowest BCUT2D eigenvalue weighted by atomic mass is 10.2. The molecule has 0 aliphatic rings. The number of hydrogen-bond donors (Lipinski definition) is 1. The van der Waals surface area contributed by atoms with Crippen molar-refractivity contribution in [2.45, 2.75) is 0 Å². The van der Waals surface area contributed by atoms with Crippen LogP contribution in [0.25, 0.3) is 0 Å². The molecule has 9 heteroatoms. The van der Waals surface area contributed by atoms with Gasteiger partial charge in [-0.1, -0.05) is 17.7 Å². The number of nitrogens with one attached hydrogen (secondary N) is 1. The number of rotatable bonds is 5. The van der Waals surface area contributed by atoms with E-state index in [2.05, 4.69) is 10.1 Å². The van der Waals surface area contributed by atoms with E-state index in [0.717, 1.165) is 17.4 Å². The van der Waals surface area contributed by atoms with Crippen LogP contribution in [0, 0.1) is 5.82 Å². The van der Waals surface area contributed by atoms with Crippen molar-refractivity contribution in [2.24, 2.45) is 0 Å². The van der Waals surface area contributed by atoms with Gasteiger partial charge in [0.25, 0.3) is 5.91 Å². The van der Waals surface area contributed by atoms with Crippen molar-refractivity contribution >= 4 is 46.5 Å². The van der Waals surface area contributed by atoms with Crippen molar-refractivity contribution in [3.05, 3.63) is 50.9 Å². The van der Waals surface area contributed by atoms with Crippen molar-refractivity contribution < 1.29 is 28.2 Å². The fourth-order valence-electron chi connectivity index (χ4n) is 1.74. The van der Waals surface area contributed by atoms with Crippen LogP contribution in [0.2, 0.25) is 5.02 Å². The molecule has 6 nitrogen and oxygen atoms in total. The second kappa shape index (κ2) is 7.89. The number of halogens is 2. The summed E-state index contributed by atoms with van der Waals surface area (Å²) in [4.78, 5) is 35.3. The molecule has 0 aliphatic heterocycles. The predicted molar refractivity (Wildman–Crippen MR) is 86.0 cm³/mol. The number of anilines is 1. The lowest BCUT2D eigenvalue weighted by molar-refractivity contribution is -0.119. The van der Waals surface area contributed by atoms with Gasteiger partial charge in [-0.15, -0.1) is 11.3 Å². The Balaban J connectivity index is 1.98. The number of benzene rings is 1. The van der Waals surface area contributed by atoms with Crippen molar-refractivity contribution in [1.29, 1.82) is 0 Å². The molecule has 0 unspecified atom stereocenters. The summed E-state index contributed by atoms with van der Waals surface area (Å²) in [6, 6.07) is 5.22. The largest absolute Gasteiger partial charge is 0.465 e. The number of hydrogen-bond acceptors (Lipinski definition) is 6. The minimum absolute atomic E-state index is 0.119. The predicted octanol–water partition coefficient (Wildman–Crippen LogP) is 3.12. The first-order chi connectivity index (χ1) is 11.4. The first-order valence-electron chi connectivity index (χ1n) is 6.50. The molecular weight excluding hydrogens is 361 g/mol. The van der Waals surface area contributed by atoms with Gasteiger partial charge >= 0.3 is 11.9 Å². The van der Waals surface area contributed by atoms with Crippen LogP contribution in [-0.2, 0) is 14.3 Å². The summed E-state index contributed by atoms with van der Waals surface area (Å²) in [6.07, 6.45) is 0. The zero-order valence-corrected chi connectivity index (χ0v) is 13.9. The number of methoxy groups -OCH3 is 1. The van der Waals surface area contributed by atoms with Gasteiger partial charge < -0.3 is 14.8 Å². The highest BCUT2D eigenvalue weighted by atomic mass is 35.5. The normalized spacial score (nSPS) is 10.1. The number of carbonyl (C=O) groups is 3. The molecule has 126 valence electrons. The first-order valence-corrected chi connectivity index (χ1v) is 7.76. The molecular formula is C15H11ClFNO5S. The standard InChI is InChI=1S/C15H11ClFNO5S/c1-22-15(21)13-10(5-6-24-13)18-11(19)7-23-14(20)12-8(16)3-2-4-9(12)17/h2-6H,7H2,1H3,(H,18,19). The maximum absolute atomic E-state index is 13.6. The zero-order chi connectivity index (χ0) is 17.7. The van der Waals surface area contributed by atoms with Gasteiger partial charge in [0.15, 0.2) is 6.61 Å². The van der Waals surface area contributed by atoms with Crippen LogP contribution in [0.4, 0.5) is 10.1 Å². The number of esters is 2. The second-order valence-electron chi connectivity index (χ2n) is 4.38. The van der Waals surface area contributed by atoms with E-state index >= 15 is 0 Å². The number of amides is 1. The molecule has 1 amide bonds. The van der Waals surface area contributed by atoms with Crippen molar-refractivity contribution in [3.63, 3.8) is 0 Å². The molecule has 2 aromatic rings. The Morgan fingerprint density at radius 1 is 1.25 bits per heavy atom. The van der Waals surface area contributed by atoms with Crippen LogP contribution in [0.15, 0.2) is 29.6 Å². The molecule has 0 saturated carbocycles. The quantitative estimate of drug-likeness (QED) is 0.816. The molecule has 1 aromatic heterocycles. The summed E-state index contributed by atoms with van der Waals surface area (Å²) < 4.78 is 22.9. The SMILES string of the molecule is COC(=O)c1sccc1NC(=O)COC(=O)c1c(F)cccc1Cl. The van der Waals surface area contributed by atoms with Gasteiger partial charge in [-0.25, -0.2) is 14.0 Å². The van der Waals surface area contributed by atoms with E-state index in [1.165, 1.54) is 25.3 Å². The lowest BCUT2D eigenvalue weighted by Gasteiger charge is -2.08. The maximum atomic E-state index is 13.6. The van der Waals surface area contributed by atoms with Crippen LogP contribution >= 0.6 is 22.9 Å². The highest BCUT2D eigenvalue weighted by Crippen LogP contribution is 2.23. The number of carbonyl (C=O) groups excluding carboxylic acids is 3. The summed E-state index contributed by atoms with van der Waals surface area (Å²) in [6.45, 7) is -0.667.